The summed E-state index contributed by atoms with van der Waals surface area (Å²) in [6.45, 7) is 5.60. The van der Waals surface area contributed by atoms with E-state index in [2.05, 4.69) is 10.2 Å². The summed E-state index contributed by atoms with van der Waals surface area (Å²) in [5, 5.41) is 14.0. The van der Waals surface area contributed by atoms with Crippen molar-refractivity contribution in [3.8, 4) is 0 Å². The van der Waals surface area contributed by atoms with Crippen LogP contribution in [-0.4, -0.2) is 48.3 Å². The molecule has 2 N–H and O–H groups in total. The SMILES string of the molecule is OC1(CCN2CCNCC2)CCCCCCC1. The molecule has 1 aliphatic heterocycles. The van der Waals surface area contributed by atoms with Gasteiger partial charge in [-0.05, 0) is 19.3 Å². The molecule has 2 rings (SSSR count). The van der Waals surface area contributed by atoms with Crippen LogP contribution >= 0.6 is 0 Å². The molecular formula is C14H28N2O. The zero-order chi connectivity index (χ0) is 12.0. The van der Waals surface area contributed by atoms with Crippen molar-refractivity contribution < 1.29 is 5.11 Å². The molecule has 0 atom stereocenters. The smallest absolute Gasteiger partial charge is 0.0660 e. The van der Waals surface area contributed by atoms with Crippen LogP contribution in [0.25, 0.3) is 0 Å². The molecule has 0 amide bonds. The normalized spacial score (nSPS) is 27.4. The zero-order valence-electron chi connectivity index (χ0n) is 11.1. The number of nitrogens with one attached hydrogen (secondary N) is 1. The van der Waals surface area contributed by atoms with E-state index in [0.717, 1.165) is 52.0 Å². The Morgan fingerprint density at radius 2 is 1.53 bits per heavy atom. The molecular weight excluding hydrogens is 212 g/mol. The first-order valence-corrected chi connectivity index (χ1v) is 7.44. The second kappa shape index (κ2) is 6.72. The fourth-order valence-electron chi connectivity index (χ4n) is 3.11. The molecule has 1 saturated heterocycles. The van der Waals surface area contributed by atoms with Gasteiger partial charge in [-0.15, -0.1) is 0 Å². The topological polar surface area (TPSA) is 35.5 Å². The van der Waals surface area contributed by atoms with Gasteiger partial charge in [-0.1, -0.05) is 32.1 Å². The highest BCUT2D eigenvalue weighted by molar-refractivity contribution is 4.82. The van der Waals surface area contributed by atoms with Crippen molar-refractivity contribution in [1.29, 1.82) is 0 Å². The van der Waals surface area contributed by atoms with Crippen LogP contribution in [0.5, 0.6) is 0 Å². The Balaban J connectivity index is 1.74. The monoisotopic (exact) mass is 240 g/mol. The highest BCUT2D eigenvalue weighted by Crippen LogP contribution is 2.29. The quantitative estimate of drug-likeness (QED) is 0.789. The maximum absolute atomic E-state index is 10.7. The number of aliphatic hydroxyl groups is 1. The van der Waals surface area contributed by atoms with Gasteiger partial charge in [0.05, 0.1) is 5.60 Å². The molecule has 2 aliphatic rings. The van der Waals surface area contributed by atoms with E-state index in [1.54, 1.807) is 0 Å². The Morgan fingerprint density at radius 1 is 0.941 bits per heavy atom. The molecule has 0 aromatic rings. The van der Waals surface area contributed by atoms with E-state index in [1.165, 1.54) is 32.1 Å². The Hall–Kier alpha value is -0.120. The standard InChI is InChI=1S/C14H28N2O/c17-14(6-4-2-1-3-5-7-14)8-11-16-12-9-15-10-13-16/h15,17H,1-13H2. The summed E-state index contributed by atoms with van der Waals surface area (Å²) in [5.74, 6) is 0. The van der Waals surface area contributed by atoms with Crippen molar-refractivity contribution in [2.75, 3.05) is 32.7 Å². The van der Waals surface area contributed by atoms with Gasteiger partial charge in [-0.25, -0.2) is 0 Å². The third-order valence-electron chi connectivity index (χ3n) is 4.39. The Labute approximate surface area is 106 Å². The third-order valence-corrected chi connectivity index (χ3v) is 4.39. The molecule has 3 heteroatoms. The lowest BCUT2D eigenvalue weighted by molar-refractivity contribution is -0.00315. The Morgan fingerprint density at radius 3 is 2.18 bits per heavy atom. The Bertz CT molecular complexity index is 206. The lowest BCUT2D eigenvalue weighted by atomic mass is 9.84. The van der Waals surface area contributed by atoms with Crippen molar-refractivity contribution >= 4 is 0 Å². The van der Waals surface area contributed by atoms with Crippen molar-refractivity contribution in [3.05, 3.63) is 0 Å². The summed E-state index contributed by atoms with van der Waals surface area (Å²) in [6.07, 6.45) is 9.47. The summed E-state index contributed by atoms with van der Waals surface area (Å²) in [6, 6.07) is 0. The fourth-order valence-corrected chi connectivity index (χ4v) is 3.11. The van der Waals surface area contributed by atoms with Crippen molar-refractivity contribution in [2.45, 2.75) is 57.0 Å². The van der Waals surface area contributed by atoms with Gasteiger partial charge in [0.2, 0.25) is 0 Å². The van der Waals surface area contributed by atoms with Crippen LogP contribution in [0.15, 0.2) is 0 Å². The van der Waals surface area contributed by atoms with Gasteiger partial charge in [0.15, 0.2) is 0 Å². The van der Waals surface area contributed by atoms with Crippen LogP contribution in [0, 0.1) is 0 Å². The van der Waals surface area contributed by atoms with Crippen molar-refractivity contribution in [3.63, 3.8) is 0 Å². The minimum absolute atomic E-state index is 0.356. The number of nitrogens with zero attached hydrogens (tertiary/aromatic N) is 1. The number of rotatable bonds is 3. The molecule has 0 bridgehead atoms. The summed E-state index contributed by atoms with van der Waals surface area (Å²) >= 11 is 0. The maximum atomic E-state index is 10.7. The van der Waals surface area contributed by atoms with E-state index in [4.69, 9.17) is 0 Å². The highest BCUT2D eigenvalue weighted by atomic mass is 16.3. The van der Waals surface area contributed by atoms with Crippen LogP contribution in [0.3, 0.4) is 0 Å². The highest BCUT2D eigenvalue weighted by Gasteiger charge is 2.27. The van der Waals surface area contributed by atoms with Crippen LogP contribution in [0.2, 0.25) is 0 Å². The van der Waals surface area contributed by atoms with Crippen molar-refractivity contribution in [1.82, 2.24) is 10.2 Å². The molecule has 17 heavy (non-hydrogen) atoms. The summed E-state index contributed by atoms with van der Waals surface area (Å²) in [7, 11) is 0. The van der Waals surface area contributed by atoms with Gasteiger partial charge >= 0.3 is 0 Å². The van der Waals surface area contributed by atoms with E-state index in [-0.39, 0.29) is 5.60 Å². The molecule has 0 radical (unpaired) electrons. The van der Waals surface area contributed by atoms with E-state index in [9.17, 15) is 5.11 Å². The lowest BCUT2D eigenvalue weighted by Gasteiger charge is -2.34. The van der Waals surface area contributed by atoms with Crippen molar-refractivity contribution in [2.24, 2.45) is 0 Å². The second-order valence-corrected chi connectivity index (χ2v) is 5.83. The summed E-state index contributed by atoms with van der Waals surface area (Å²) < 4.78 is 0. The van der Waals surface area contributed by atoms with E-state index in [0.29, 0.717) is 0 Å². The molecule has 100 valence electrons. The third kappa shape index (κ3) is 4.57. The van der Waals surface area contributed by atoms with Crippen LogP contribution in [0.4, 0.5) is 0 Å². The molecule has 0 aromatic carbocycles. The summed E-state index contributed by atoms with van der Waals surface area (Å²) in [5.41, 5.74) is -0.356. The second-order valence-electron chi connectivity index (χ2n) is 5.83. The van der Waals surface area contributed by atoms with Gasteiger partial charge in [0, 0.05) is 32.7 Å². The van der Waals surface area contributed by atoms with E-state index in [1.807, 2.05) is 0 Å². The molecule has 3 nitrogen and oxygen atoms in total. The predicted octanol–water partition coefficient (Wildman–Crippen LogP) is 1.76. The fraction of sp³-hybridized carbons (Fsp3) is 1.00. The molecule has 0 unspecified atom stereocenters. The van der Waals surface area contributed by atoms with Crippen LogP contribution < -0.4 is 5.32 Å². The van der Waals surface area contributed by atoms with Gasteiger partial charge in [-0.3, -0.25) is 0 Å². The van der Waals surface area contributed by atoms with Gasteiger partial charge in [-0.2, -0.15) is 0 Å². The van der Waals surface area contributed by atoms with Gasteiger partial charge in [0.1, 0.15) is 0 Å². The molecule has 0 aromatic heterocycles. The molecule has 1 saturated carbocycles. The van der Waals surface area contributed by atoms with Crippen LogP contribution in [-0.2, 0) is 0 Å². The largest absolute Gasteiger partial charge is 0.390 e. The van der Waals surface area contributed by atoms with E-state index >= 15 is 0 Å². The zero-order valence-corrected chi connectivity index (χ0v) is 11.1. The Kier molecular flexibility index (Phi) is 5.26. The number of hydrogen-bond donors (Lipinski definition) is 2. The maximum Gasteiger partial charge on any atom is 0.0660 e. The first kappa shape index (κ1) is 13.3. The lowest BCUT2D eigenvalue weighted by Crippen LogP contribution is -2.45. The summed E-state index contributed by atoms with van der Waals surface area (Å²) in [4.78, 5) is 2.49. The first-order chi connectivity index (χ1) is 8.29. The minimum Gasteiger partial charge on any atom is -0.390 e. The molecule has 1 heterocycles. The average molecular weight is 240 g/mol. The predicted molar refractivity (Wildman–Crippen MR) is 71.2 cm³/mol. The molecule has 1 aliphatic carbocycles. The average Bonchev–Trinajstić information content (AvgIpc) is 2.34. The first-order valence-electron chi connectivity index (χ1n) is 7.44. The molecule has 0 spiro atoms. The van der Waals surface area contributed by atoms with Gasteiger partial charge < -0.3 is 15.3 Å². The van der Waals surface area contributed by atoms with E-state index < -0.39 is 0 Å². The minimum atomic E-state index is -0.356. The van der Waals surface area contributed by atoms with Crippen LogP contribution in [0.1, 0.15) is 51.4 Å². The number of hydrogen-bond acceptors (Lipinski definition) is 3. The van der Waals surface area contributed by atoms with Gasteiger partial charge in [0.25, 0.3) is 0 Å². The molecule has 2 fully saturated rings. The number of piperazine rings is 1.